The summed E-state index contributed by atoms with van der Waals surface area (Å²) in [6.45, 7) is 3.72. The largest absolute Gasteiger partial charge is 0.435 e. The van der Waals surface area contributed by atoms with Crippen LogP contribution >= 0.6 is 0 Å². The Morgan fingerprint density at radius 3 is 2.21 bits per heavy atom. The van der Waals surface area contributed by atoms with E-state index in [1.165, 1.54) is 6.07 Å². The molecule has 0 unspecified atom stereocenters. The Morgan fingerprint density at radius 2 is 1.86 bits per heavy atom. The van der Waals surface area contributed by atoms with Crippen molar-refractivity contribution < 1.29 is 13.2 Å². The summed E-state index contributed by atoms with van der Waals surface area (Å²) < 4.78 is 36.2. The zero-order valence-corrected chi connectivity index (χ0v) is 7.76. The molecule has 3 nitrogen and oxygen atoms in total. The third-order valence-electron chi connectivity index (χ3n) is 1.39. The molecule has 1 aromatic rings. The normalized spacial score (nSPS) is 11.9. The van der Waals surface area contributed by atoms with Gasteiger partial charge in [-0.2, -0.15) is 13.2 Å². The van der Waals surface area contributed by atoms with E-state index in [-0.39, 0.29) is 6.04 Å². The van der Waals surface area contributed by atoms with Crippen LogP contribution < -0.4 is 5.32 Å². The molecule has 0 radical (unpaired) electrons. The number of aromatic nitrogens is 2. The van der Waals surface area contributed by atoms with Gasteiger partial charge in [0.2, 0.25) is 0 Å². The minimum atomic E-state index is -4.43. The molecule has 0 aliphatic heterocycles. The third kappa shape index (κ3) is 2.86. The van der Waals surface area contributed by atoms with Crippen molar-refractivity contribution in [2.75, 3.05) is 5.32 Å². The molecule has 0 aliphatic carbocycles. The molecule has 78 valence electrons. The van der Waals surface area contributed by atoms with Crippen molar-refractivity contribution in [3.8, 4) is 0 Å². The van der Waals surface area contributed by atoms with Gasteiger partial charge in [-0.1, -0.05) is 0 Å². The van der Waals surface area contributed by atoms with Crippen LogP contribution in [0.2, 0.25) is 0 Å². The van der Waals surface area contributed by atoms with Crippen LogP contribution in [-0.2, 0) is 6.18 Å². The molecule has 0 atom stereocenters. The number of hydrogen-bond donors (Lipinski definition) is 1. The highest BCUT2D eigenvalue weighted by Crippen LogP contribution is 2.27. The Kier molecular flexibility index (Phi) is 2.93. The molecule has 6 heteroatoms. The molecule has 14 heavy (non-hydrogen) atoms. The van der Waals surface area contributed by atoms with Crippen molar-refractivity contribution in [2.45, 2.75) is 26.1 Å². The van der Waals surface area contributed by atoms with Gasteiger partial charge in [0.25, 0.3) is 0 Å². The molecule has 0 amide bonds. The Balaban J connectivity index is 2.79. The van der Waals surface area contributed by atoms with Crippen molar-refractivity contribution in [3.63, 3.8) is 0 Å². The molecule has 1 aromatic heterocycles. The van der Waals surface area contributed by atoms with Gasteiger partial charge in [-0.05, 0) is 26.0 Å². The molecule has 1 N–H and O–H groups in total. The van der Waals surface area contributed by atoms with Gasteiger partial charge in [-0.3, -0.25) is 0 Å². The number of alkyl halides is 3. The summed E-state index contributed by atoms with van der Waals surface area (Å²) >= 11 is 0. The average molecular weight is 205 g/mol. The molecule has 0 saturated carbocycles. The molecular formula is C8H10F3N3. The average Bonchev–Trinajstić information content (AvgIpc) is 2.02. The van der Waals surface area contributed by atoms with E-state index in [1.54, 1.807) is 0 Å². The van der Waals surface area contributed by atoms with Gasteiger partial charge in [0.1, 0.15) is 5.82 Å². The van der Waals surface area contributed by atoms with E-state index in [0.717, 1.165) is 6.07 Å². The van der Waals surface area contributed by atoms with Gasteiger partial charge >= 0.3 is 6.18 Å². The molecule has 1 heterocycles. The fourth-order valence-corrected chi connectivity index (χ4v) is 0.856. The van der Waals surface area contributed by atoms with Crippen LogP contribution in [0.25, 0.3) is 0 Å². The van der Waals surface area contributed by atoms with Crippen LogP contribution in [0, 0.1) is 0 Å². The van der Waals surface area contributed by atoms with Gasteiger partial charge in [-0.25, -0.2) is 0 Å². The van der Waals surface area contributed by atoms with E-state index >= 15 is 0 Å². The molecule has 0 aliphatic rings. The van der Waals surface area contributed by atoms with Gasteiger partial charge in [0.15, 0.2) is 5.69 Å². The highest BCUT2D eigenvalue weighted by molar-refractivity contribution is 5.33. The van der Waals surface area contributed by atoms with Crippen molar-refractivity contribution >= 4 is 5.82 Å². The highest BCUT2D eigenvalue weighted by Gasteiger charge is 2.32. The Morgan fingerprint density at radius 1 is 1.21 bits per heavy atom. The molecule has 0 aromatic carbocycles. The van der Waals surface area contributed by atoms with Crippen molar-refractivity contribution in [2.24, 2.45) is 0 Å². The van der Waals surface area contributed by atoms with E-state index in [9.17, 15) is 13.2 Å². The first-order valence-electron chi connectivity index (χ1n) is 4.07. The maximum absolute atomic E-state index is 12.1. The van der Waals surface area contributed by atoms with E-state index in [2.05, 4.69) is 15.5 Å². The molecule has 1 rings (SSSR count). The van der Waals surface area contributed by atoms with Crippen LogP contribution in [0.3, 0.4) is 0 Å². The van der Waals surface area contributed by atoms with Gasteiger partial charge in [0, 0.05) is 6.04 Å². The Bertz CT molecular complexity index is 292. The second kappa shape index (κ2) is 3.81. The summed E-state index contributed by atoms with van der Waals surface area (Å²) in [5, 5.41) is 9.31. The Labute approximate surface area is 79.3 Å². The summed E-state index contributed by atoms with van der Waals surface area (Å²) in [4.78, 5) is 0. The SMILES string of the molecule is CC(C)Nc1ccc(C(F)(F)F)nn1. The minimum Gasteiger partial charge on any atom is -0.366 e. The van der Waals surface area contributed by atoms with Crippen LogP contribution in [-0.4, -0.2) is 16.2 Å². The van der Waals surface area contributed by atoms with E-state index in [4.69, 9.17) is 0 Å². The monoisotopic (exact) mass is 205 g/mol. The maximum Gasteiger partial charge on any atom is 0.435 e. The lowest BCUT2D eigenvalue weighted by Gasteiger charge is -2.09. The molecular weight excluding hydrogens is 195 g/mol. The number of rotatable bonds is 2. The minimum absolute atomic E-state index is 0.112. The van der Waals surface area contributed by atoms with Crippen molar-refractivity contribution in [1.29, 1.82) is 0 Å². The summed E-state index contributed by atoms with van der Waals surface area (Å²) in [6.07, 6.45) is -4.43. The lowest BCUT2D eigenvalue weighted by Crippen LogP contribution is -2.14. The predicted octanol–water partition coefficient (Wildman–Crippen LogP) is 2.32. The molecule has 0 saturated heterocycles. The molecule has 0 fully saturated rings. The fraction of sp³-hybridized carbons (Fsp3) is 0.500. The number of hydrogen-bond acceptors (Lipinski definition) is 3. The van der Waals surface area contributed by atoms with Gasteiger partial charge in [-0.15, -0.1) is 10.2 Å². The van der Waals surface area contributed by atoms with Gasteiger partial charge < -0.3 is 5.32 Å². The smallest absolute Gasteiger partial charge is 0.366 e. The first-order valence-corrected chi connectivity index (χ1v) is 4.07. The molecule has 0 bridgehead atoms. The van der Waals surface area contributed by atoms with Crippen molar-refractivity contribution in [3.05, 3.63) is 17.8 Å². The molecule has 0 spiro atoms. The lowest BCUT2D eigenvalue weighted by molar-refractivity contribution is -0.141. The summed E-state index contributed by atoms with van der Waals surface area (Å²) in [5.41, 5.74) is -0.980. The quantitative estimate of drug-likeness (QED) is 0.805. The van der Waals surface area contributed by atoms with Crippen LogP contribution in [0.15, 0.2) is 12.1 Å². The van der Waals surface area contributed by atoms with Crippen LogP contribution in [0.4, 0.5) is 19.0 Å². The van der Waals surface area contributed by atoms with E-state index in [1.807, 2.05) is 13.8 Å². The summed E-state index contributed by atoms with van der Waals surface area (Å²) in [5.74, 6) is 0.341. The first kappa shape index (κ1) is 10.7. The predicted molar refractivity (Wildman–Crippen MR) is 45.8 cm³/mol. The van der Waals surface area contributed by atoms with Crippen molar-refractivity contribution in [1.82, 2.24) is 10.2 Å². The number of nitrogens with one attached hydrogen (secondary N) is 1. The van der Waals surface area contributed by atoms with Crippen LogP contribution in [0.1, 0.15) is 19.5 Å². The number of halogens is 3. The highest BCUT2D eigenvalue weighted by atomic mass is 19.4. The summed E-state index contributed by atoms with van der Waals surface area (Å²) in [7, 11) is 0. The standard InChI is InChI=1S/C8H10F3N3/c1-5(2)12-7-4-3-6(13-14-7)8(9,10)11/h3-5H,1-2H3,(H,12,14). The fourth-order valence-electron chi connectivity index (χ4n) is 0.856. The number of anilines is 1. The van der Waals surface area contributed by atoms with E-state index in [0.29, 0.717) is 5.82 Å². The maximum atomic E-state index is 12.1. The van der Waals surface area contributed by atoms with Crippen LogP contribution in [0.5, 0.6) is 0 Å². The number of nitrogens with zero attached hydrogens (tertiary/aromatic N) is 2. The van der Waals surface area contributed by atoms with Gasteiger partial charge in [0.05, 0.1) is 0 Å². The first-order chi connectivity index (χ1) is 6.39. The Hall–Kier alpha value is -1.33. The third-order valence-corrected chi connectivity index (χ3v) is 1.39. The van der Waals surface area contributed by atoms with E-state index < -0.39 is 11.9 Å². The zero-order chi connectivity index (χ0) is 10.8. The topological polar surface area (TPSA) is 37.8 Å². The summed E-state index contributed by atoms with van der Waals surface area (Å²) in [6, 6.07) is 2.27. The second-order valence-corrected chi connectivity index (χ2v) is 3.10. The zero-order valence-electron chi connectivity index (χ0n) is 7.76. The second-order valence-electron chi connectivity index (χ2n) is 3.10. The lowest BCUT2D eigenvalue weighted by atomic mass is 10.3.